The molecule has 18 heavy (non-hydrogen) atoms. The molecule has 0 unspecified atom stereocenters. The Balaban J connectivity index is 2.55. The molecule has 0 atom stereocenters. The number of carbonyl (C=O) groups is 2. The maximum atomic E-state index is 11.2. The molecule has 0 heterocycles. The number of benzene rings is 1. The second-order valence-electron chi connectivity index (χ2n) is 3.56. The molecule has 1 amide bonds. The first-order chi connectivity index (χ1) is 8.65. The van der Waals surface area contributed by atoms with Crippen LogP contribution in [0.5, 0.6) is 0 Å². The van der Waals surface area contributed by atoms with Crippen LogP contribution in [0.4, 0.5) is 5.69 Å². The molecule has 0 spiro atoms. The molecule has 0 aromatic heterocycles. The monoisotopic (exact) mass is 246 g/mol. The van der Waals surface area contributed by atoms with Gasteiger partial charge in [-0.15, -0.1) is 0 Å². The van der Waals surface area contributed by atoms with Gasteiger partial charge < -0.3 is 10.1 Å². The van der Waals surface area contributed by atoms with E-state index in [0.717, 1.165) is 5.56 Å². The van der Waals surface area contributed by atoms with Crippen molar-refractivity contribution in [2.24, 2.45) is 0 Å². The molecule has 0 saturated heterocycles. The van der Waals surface area contributed by atoms with Gasteiger partial charge in [-0.25, -0.2) is 0 Å². The van der Waals surface area contributed by atoms with Gasteiger partial charge in [-0.2, -0.15) is 5.26 Å². The maximum Gasteiger partial charge on any atom is 0.310 e. The van der Waals surface area contributed by atoms with E-state index in [1.165, 1.54) is 0 Å². The SMILES string of the molecule is CCOC(=O)Cc1ccc(NC(=O)CC#N)cc1. The summed E-state index contributed by atoms with van der Waals surface area (Å²) in [5, 5.41) is 10.9. The van der Waals surface area contributed by atoms with Crippen LogP contribution in [0.3, 0.4) is 0 Å². The molecule has 0 aliphatic rings. The summed E-state index contributed by atoms with van der Waals surface area (Å²) < 4.78 is 4.83. The second-order valence-corrected chi connectivity index (χ2v) is 3.56. The minimum Gasteiger partial charge on any atom is -0.466 e. The van der Waals surface area contributed by atoms with E-state index in [-0.39, 0.29) is 24.7 Å². The summed E-state index contributed by atoms with van der Waals surface area (Å²) in [5.41, 5.74) is 1.41. The molecule has 0 aliphatic carbocycles. The summed E-state index contributed by atoms with van der Waals surface area (Å²) in [4.78, 5) is 22.4. The number of carbonyl (C=O) groups excluding carboxylic acids is 2. The number of nitriles is 1. The fourth-order valence-electron chi connectivity index (χ4n) is 1.36. The van der Waals surface area contributed by atoms with Gasteiger partial charge in [0.1, 0.15) is 6.42 Å². The van der Waals surface area contributed by atoms with E-state index in [4.69, 9.17) is 10.00 Å². The molecule has 1 N–H and O–H groups in total. The van der Waals surface area contributed by atoms with Crippen LogP contribution >= 0.6 is 0 Å². The van der Waals surface area contributed by atoms with Crippen molar-refractivity contribution in [2.45, 2.75) is 19.8 Å². The third-order valence-corrected chi connectivity index (χ3v) is 2.13. The van der Waals surface area contributed by atoms with Crippen molar-refractivity contribution in [1.29, 1.82) is 5.26 Å². The molecule has 0 aliphatic heterocycles. The molecule has 1 rings (SSSR count). The number of anilines is 1. The van der Waals surface area contributed by atoms with Gasteiger partial charge in [0, 0.05) is 5.69 Å². The minimum atomic E-state index is -0.351. The van der Waals surface area contributed by atoms with E-state index >= 15 is 0 Å². The third kappa shape index (κ3) is 4.66. The van der Waals surface area contributed by atoms with Gasteiger partial charge >= 0.3 is 5.97 Å². The average Bonchev–Trinajstić information content (AvgIpc) is 2.32. The first-order valence-electron chi connectivity index (χ1n) is 5.57. The number of rotatable bonds is 5. The lowest BCUT2D eigenvalue weighted by atomic mass is 10.1. The molecular formula is C13H14N2O3. The number of hydrogen-bond donors (Lipinski definition) is 1. The highest BCUT2D eigenvalue weighted by Crippen LogP contribution is 2.10. The van der Waals surface area contributed by atoms with Gasteiger partial charge in [0.05, 0.1) is 19.1 Å². The Morgan fingerprint density at radius 3 is 2.56 bits per heavy atom. The molecule has 0 saturated carbocycles. The highest BCUT2D eigenvalue weighted by atomic mass is 16.5. The quantitative estimate of drug-likeness (QED) is 0.801. The molecule has 94 valence electrons. The van der Waals surface area contributed by atoms with E-state index in [1.807, 2.05) is 0 Å². The van der Waals surface area contributed by atoms with Crippen LogP contribution in [-0.4, -0.2) is 18.5 Å². The van der Waals surface area contributed by atoms with Crippen molar-refractivity contribution in [3.8, 4) is 6.07 Å². The van der Waals surface area contributed by atoms with Crippen molar-refractivity contribution in [2.75, 3.05) is 11.9 Å². The van der Waals surface area contributed by atoms with Gasteiger partial charge in [0.25, 0.3) is 0 Å². The Bertz CT molecular complexity index is 460. The Kier molecular flexibility index (Phi) is 5.39. The summed E-state index contributed by atoms with van der Waals surface area (Å²) >= 11 is 0. The molecule has 0 fully saturated rings. The zero-order valence-electron chi connectivity index (χ0n) is 10.1. The molecule has 1 aromatic carbocycles. The van der Waals surface area contributed by atoms with Crippen molar-refractivity contribution >= 4 is 17.6 Å². The molecule has 0 radical (unpaired) electrons. The Hall–Kier alpha value is -2.35. The van der Waals surface area contributed by atoms with Crippen molar-refractivity contribution in [3.05, 3.63) is 29.8 Å². The lowest BCUT2D eigenvalue weighted by Crippen LogP contribution is -2.10. The van der Waals surface area contributed by atoms with Gasteiger partial charge in [0.15, 0.2) is 0 Å². The van der Waals surface area contributed by atoms with Crippen molar-refractivity contribution in [3.63, 3.8) is 0 Å². The second kappa shape index (κ2) is 7.07. The number of amides is 1. The smallest absolute Gasteiger partial charge is 0.310 e. The lowest BCUT2D eigenvalue weighted by molar-refractivity contribution is -0.142. The van der Waals surface area contributed by atoms with Crippen molar-refractivity contribution < 1.29 is 14.3 Å². The first kappa shape index (κ1) is 13.7. The predicted molar refractivity (Wildman–Crippen MR) is 65.6 cm³/mol. The standard InChI is InChI=1S/C13H14N2O3/c1-2-18-13(17)9-10-3-5-11(6-4-10)15-12(16)7-8-14/h3-6H,2,7,9H2,1H3,(H,15,16). The Morgan fingerprint density at radius 2 is 2.00 bits per heavy atom. The van der Waals surface area contributed by atoms with Crippen LogP contribution in [0.25, 0.3) is 0 Å². The van der Waals surface area contributed by atoms with Gasteiger partial charge in [0.2, 0.25) is 5.91 Å². The number of hydrogen-bond acceptors (Lipinski definition) is 4. The molecule has 0 bridgehead atoms. The number of ether oxygens (including phenoxy) is 1. The van der Waals surface area contributed by atoms with E-state index < -0.39 is 0 Å². The zero-order chi connectivity index (χ0) is 13.4. The van der Waals surface area contributed by atoms with Crippen LogP contribution in [0.15, 0.2) is 24.3 Å². The summed E-state index contributed by atoms with van der Waals surface area (Å²) in [6.45, 7) is 2.12. The third-order valence-electron chi connectivity index (χ3n) is 2.13. The average molecular weight is 246 g/mol. The topological polar surface area (TPSA) is 79.2 Å². The van der Waals surface area contributed by atoms with Crippen LogP contribution in [0, 0.1) is 11.3 Å². The van der Waals surface area contributed by atoms with Gasteiger partial charge in [-0.05, 0) is 24.6 Å². The van der Waals surface area contributed by atoms with Crippen LogP contribution in [0.1, 0.15) is 18.9 Å². The largest absolute Gasteiger partial charge is 0.466 e. The van der Waals surface area contributed by atoms with E-state index in [1.54, 1.807) is 37.3 Å². The highest BCUT2D eigenvalue weighted by Gasteiger charge is 2.05. The summed E-state index contributed by atoms with van der Waals surface area (Å²) in [6, 6.07) is 8.60. The highest BCUT2D eigenvalue weighted by molar-refractivity contribution is 5.92. The minimum absolute atomic E-state index is 0.176. The number of esters is 1. The van der Waals surface area contributed by atoms with E-state index in [9.17, 15) is 9.59 Å². The first-order valence-corrected chi connectivity index (χ1v) is 5.57. The molecule has 1 aromatic rings. The summed E-state index contributed by atoms with van der Waals surface area (Å²) in [6.07, 6.45) is 0.0326. The maximum absolute atomic E-state index is 11.2. The lowest BCUT2D eigenvalue weighted by Gasteiger charge is -2.05. The molecular weight excluding hydrogens is 232 g/mol. The van der Waals surface area contributed by atoms with Crippen molar-refractivity contribution in [1.82, 2.24) is 0 Å². The fourth-order valence-corrected chi connectivity index (χ4v) is 1.36. The number of nitrogens with one attached hydrogen (secondary N) is 1. The van der Waals surface area contributed by atoms with Crippen LogP contribution in [-0.2, 0) is 20.7 Å². The van der Waals surface area contributed by atoms with Gasteiger partial charge in [-0.1, -0.05) is 12.1 Å². The van der Waals surface area contributed by atoms with Gasteiger partial charge in [-0.3, -0.25) is 9.59 Å². The number of nitrogens with zero attached hydrogens (tertiary/aromatic N) is 1. The molecule has 5 heteroatoms. The van der Waals surface area contributed by atoms with Crippen LogP contribution < -0.4 is 5.32 Å². The summed E-state index contributed by atoms with van der Waals surface area (Å²) in [5.74, 6) is -0.630. The van der Waals surface area contributed by atoms with Crippen LogP contribution in [0.2, 0.25) is 0 Å². The zero-order valence-corrected chi connectivity index (χ0v) is 10.1. The Labute approximate surface area is 105 Å². The Morgan fingerprint density at radius 1 is 1.33 bits per heavy atom. The fraction of sp³-hybridized carbons (Fsp3) is 0.308. The van der Waals surface area contributed by atoms with E-state index in [0.29, 0.717) is 12.3 Å². The summed E-state index contributed by atoms with van der Waals surface area (Å²) in [7, 11) is 0. The van der Waals surface area contributed by atoms with E-state index in [2.05, 4.69) is 5.32 Å². The molecule has 5 nitrogen and oxygen atoms in total. The normalized spacial score (nSPS) is 9.33. The predicted octanol–water partition coefficient (Wildman–Crippen LogP) is 1.64.